The first-order valence-corrected chi connectivity index (χ1v) is 6.91. The minimum atomic E-state index is -4.53. The first kappa shape index (κ1) is 14.8. The lowest BCUT2D eigenvalue weighted by atomic mass is 10.1. The molecule has 0 saturated carbocycles. The third kappa shape index (κ3) is 2.66. The van der Waals surface area contributed by atoms with Gasteiger partial charge < -0.3 is 10.3 Å². The van der Waals surface area contributed by atoms with E-state index in [2.05, 4.69) is 10.3 Å². The van der Waals surface area contributed by atoms with Gasteiger partial charge in [0.25, 0.3) is 5.56 Å². The minimum Gasteiger partial charge on any atom is -0.316 e. The quantitative estimate of drug-likeness (QED) is 0.879. The average Bonchev–Trinajstić information content (AvgIpc) is 2.95. The van der Waals surface area contributed by atoms with Crippen molar-refractivity contribution < 1.29 is 13.2 Å². The van der Waals surface area contributed by atoms with E-state index in [-0.39, 0.29) is 23.4 Å². The highest BCUT2D eigenvalue weighted by atomic mass is 19.4. The number of nitrogens with one attached hydrogen (secondary N) is 2. The van der Waals surface area contributed by atoms with Crippen LogP contribution in [0.15, 0.2) is 27.8 Å². The number of nitrogens with zero attached hydrogens (tertiary/aromatic N) is 1. The van der Waals surface area contributed by atoms with Gasteiger partial charge in [-0.1, -0.05) is 0 Å². The van der Waals surface area contributed by atoms with E-state index in [4.69, 9.17) is 0 Å². The molecule has 1 unspecified atom stereocenters. The molecule has 0 spiro atoms. The lowest BCUT2D eigenvalue weighted by Crippen LogP contribution is -2.37. The summed E-state index contributed by atoms with van der Waals surface area (Å²) in [6.45, 7) is 1.70. The number of H-pyrrole nitrogens is 1. The van der Waals surface area contributed by atoms with Crippen molar-refractivity contribution in [1.82, 2.24) is 14.9 Å². The Balaban J connectivity index is 2.13. The lowest BCUT2D eigenvalue weighted by Gasteiger charge is -2.12. The maximum Gasteiger partial charge on any atom is 0.416 e. The second-order valence-corrected chi connectivity index (χ2v) is 5.46. The van der Waals surface area contributed by atoms with Crippen LogP contribution < -0.4 is 16.6 Å². The van der Waals surface area contributed by atoms with E-state index in [1.54, 1.807) is 0 Å². The van der Waals surface area contributed by atoms with Crippen molar-refractivity contribution in [3.8, 4) is 0 Å². The van der Waals surface area contributed by atoms with Crippen LogP contribution in [0.3, 0.4) is 0 Å². The van der Waals surface area contributed by atoms with Crippen LogP contribution in [0.1, 0.15) is 12.0 Å². The Morgan fingerprint density at radius 1 is 1.27 bits per heavy atom. The summed E-state index contributed by atoms with van der Waals surface area (Å²) in [7, 11) is 0. The summed E-state index contributed by atoms with van der Waals surface area (Å²) in [5, 5.41) is 3.00. The predicted molar refractivity (Wildman–Crippen MR) is 74.8 cm³/mol. The normalized spacial score (nSPS) is 19.0. The van der Waals surface area contributed by atoms with Crippen molar-refractivity contribution in [3.63, 3.8) is 0 Å². The zero-order chi connectivity index (χ0) is 15.9. The second kappa shape index (κ2) is 5.28. The first-order chi connectivity index (χ1) is 10.4. The highest BCUT2D eigenvalue weighted by Crippen LogP contribution is 2.30. The van der Waals surface area contributed by atoms with Crippen molar-refractivity contribution in [2.24, 2.45) is 5.92 Å². The second-order valence-electron chi connectivity index (χ2n) is 5.46. The Hall–Kier alpha value is -2.09. The molecule has 118 valence electrons. The third-order valence-corrected chi connectivity index (χ3v) is 3.91. The van der Waals surface area contributed by atoms with Crippen LogP contribution in [0.5, 0.6) is 0 Å². The number of fused-ring (bicyclic) bond motifs is 1. The Morgan fingerprint density at radius 3 is 2.68 bits per heavy atom. The molecule has 1 aliphatic heterocycles. The maximum absolute atomic E-state index is 12.8. The van der Waals surface area contributed by atoms with E-state index in [9.17, 15) is 22.8 Å². The molecule has 1 atom stereocenters. The molecule has 2 N–H and O–H groups in total. The van der Waals surface area contributed by atoms with Crippen LogP contribution in [0, 0.1) is 5.92 Å². The molecule has 1 aromatic carbocycles. The highest BCUT2D eigenvalue weighted by molar-refractivity contribution is 5.78. The van der Waals surface area contributed by atoms with Crippen LogP contribution in [0.4, 0.5) is 13.2 Å². The Bertz CT molecular complexity index is 817. The van der Waals surface area contributed by atoms with Crippen molar-refractivity contribution in [3.05, 3.63) is 44.6 Å². The van der Waals surface area contributed by atoms with Gasteiger partial charge in [0.05, 0.1) is 16.5 Å². The Morgan fingerprint density at radius 2 is 2.05 bits per heavy atom. The molecule has 1 aliphatic rings. The fourth-order valence-electron chi connectivity index (χ4n) is 2.72. The molecule has 0 aliphatic carbocycles. The number of halogens is 3. The van der Waals surface area contributed by atoms with Gasteiger partial charge in [-0.05, 0) is 43.6 Å². The van der Waals surface area contributed by atoms with Gasteiger partial charge in [0.2, 0.25) is 0 Å². The molecule has 5 nitrogen and oxygen atoms in total. The van der Waals surface area contributed by atoms with Gasteiger partial charge in [-0.3, -0.25) is 9.36 Å². The van der Waals surface area contributed by atoms with E-state index in [0.29, 0.717) is 6.54 Å². The molecule has 3 rings (SSSR count). The summed E-state index contributed by atoms with van der Waals surface area (Å²) in [6.07, 6.45) is -3.70. The summed E-state index contributed by atoms with van der Waals surface area (Å²) in [4.78, 5) is 26.8. The summed E-state index contributed by atoms with van der Waals surface area (Å²) in [5.41, 5.74) is -2.07. The molecule has 1 saturated heterocycles. The molecular formula is C14H14F3N3O2. The first-order valence-electron chi connectivity index (χ1n) is 6.91. The van der Waals surface area contributed by atoms with Crippen molar-refractivity contribution >= 4 is 10.9 Å². The molecule has 0 radical (unpaired) electrons. The van der Waals surface area contributed by atoms with Crippen LogP contribution in [-0.2, 0) is 12.7 Å². The number of rotatable bonds is 2. The fourth-order valence-corrected chi connectivity index (χ4v) is 2.72. The van der Waals surface area contributed by atoms with Gasteiger partial charge in [-0.25, -0.2) is 4.79 Å². The monoisotopic (exact) mass is 313 g/mol. The fraction of sp³-hybridized carbons (Fsp3) is 0.429. The van der Waals surface area contributed by atoms with E-state index in [1.807, 2.05) is 0 Å². The number of aromatic nitrogens is 2. The van der Waals surface area contributed by atoms with Gasteiger partial charge in [0.1, 0.15) is 0 Å². The molecule has 22 heavy (non-hydrogen) atoms. The molecule has 8 heteroatoms. The SMILES string of the molecule is O=c1[nH]c2ccc(C(F)(F)F)cc2c(=O)n1CC1CCNC1. The van der Waals surface area contributed by atoms with Gasteiger partial charge in [0.15, 0.2) is 0 Å². The van der Waals surface area contributed by atoms with E-state index >= 15 is 0 Å². The third-order valence-electron chi connectivity index (χ3n) is 3.91. The van der Waals surface area contributed by atoms with E-state index in [0.717, 1.165) is 35.7 Å². The van der Waals surface area contributed by atoms with Crippen LogP contribution in [0.2, 0.25) is 0 Å². The number of benzene rings is 1. The molecule has 0 bridgehead atoms. The van der Waals surface area contributed by atoms with E-state index < -0.39 is 23.0 Å². The summed E-state index contributed by atoms with van der Waals surface area (Å²) in [6, 6.07) is 2.75. The number of alkyl halides is 3. The van der Waals surface area contributed by atoms with Gasteiger partial charge in [-0.2, -0.15) is 13.2 Å². The lowest BCUT2D eigenvalue weighted by molar-refractivity contribution is -0.137. The zero-order valence-electron chi connectivity index (χ0n) is 11.5. The van der Waals surface area contributed by atoms with Gasteiger partial charge >= 0.3 is 11.9 Å². The highest BCUT2D eigenvalue weighted by Gasteiger charge is 2.31. The molecule has 0 amide bonds. The molecule has 2 aromatic rings. The van der Waals surface area contributed by atoms with Crippen molar-refractivity contribution in [2.75, 3.05) is 13.1 Å². The number of aromatic amines is 1. The summed E-state index contributed by atoms with van der Waals surface area (Å²) >= 11 is 0. The zero-order valence-corrected chi connectivity index (χ0v) is 11.5. The Labute approximate surface area is 122 Å². The largest absolute Gasteiger partial charge is 0.416 e. The Kier molecular flexibility index (Phi) is 3.56. The average molecular weight is 313 g/mol. The molecule has 1 aromatic heterocycles. The van der Waals surface area contributed by atoms with Crippen molar-refractivity contribution in [1.29, 1.82) is 0 Å². The summed E-state index contributed by atoms with van der Waals surface area (Å²) < 4.78 is 39.3. The summed E-state index contributed by atoms with van der Waals surface area (Å²) in [5.74, 6) is 0.127. The smallest absolute Gasteiger partial charge is 0.316 e. The van der Waals surface area contributed by atoms with Crippen molar-refractivity contribution in [2.45, 2.75) is 19.1 Å². The van der Waals surface area contributed by atoms with E-state index in [1.165, 1.54) is 0 Å². The number of hydrogen-bond acceptors (Lipinski definition) is 3. The molecular weight excluding hydrogens is 299 g/mol. The minimum absolute atomic E-state index is 0.115. The van der Waals surface area contributed by atoms with Crippen LogP contribution in [0.25, 0.3) is 10.9 Å². The van der Waals surface area contributed by atoms with Gasteiger partial charge in [0, 0.05) is 6.54 Å². The van der Waals surface area contributed by atoms with Gasteiger partial charge in [-0.15, -0.1) is 0 Å². The molecule has 2 heterocycles. The molecule has 1 fully saturated rings. The number of hydrogen-bond donors (Lipinski definition) is 2. The predicted octanol–water partition coefficient (Wildman–Crippen LogP) is 1.32. The van der Waals surface area contributed by atoms with Crippen LogP contribution >= 0.6 is 0 Å². The maximum atomic E-state index is 12.8. The standard InChI is InChI=1S/C14H14F3N3O2/c15-14(16,17)9-1-2-11-10(5-9)12(21)20(13(22)19-11)7-8-3-4-18-6-8/h1-2,5,8,18H,3-4,6-7H2,(H,19,22). The topological polar surface area (TPSA) is 66.9 Å². The van der Waals surface area contributed by atoms with Crippen LogP contribution in [-0.4, -0.2) is 22.6 Å².